The highest BCUT2D eigenvalue weighted by atomic mass is 16.2. The second-order valence-corrected chi connectivity index (χ2v) is 7.31. The van der Waals surface area contributed by atoms with E-state index in [-0.39, 0.29) is 17.7 Å². The van der Waals surface area contributed by atoms with Gasteiger partial charge in [0.15, 0.2) is 0 Å². The Morgan fingerprint density at radius 2 is 1.89 bits per heavy atom. The van der Waals surface area contributed by atoms with Gasteiger partial charge in [0.05, 0.1) is 11.6 Å². The fourth-order valence-corrected chi connectivity index (χ4v) is 3.70. The molecule has 5 nitrogen and oxygen atoms in total. The molecule has 2 aliphatic rings. The van der Waals surface area contributed by atoms with E-state index in [0.717, 1.165) is 35.3 Å². The van der Waals surface area contributed by atoms with Crippen LogP contribution in [-0.4, -0.2) is 35.5 Å². The van der Waals surface area contributed by atoms with Gasteiger partial charge in [-0.25, -0.2) is 4.99 Å². The van der Waals surface area contributed by atoms with Gasteiger partial charge in [-0.3, -0.25) is 9.59 Å². The average Bonchev–Trinajstić information content (AvgIpc) is 3.13. The number of aliphatic imine (C=N–C) groups is 1. The van der Waals surface area contributed by atoms with Crippen molar-refractivity contribution in [2.24, 2.45) is 10.9 Å². The monoisotopic (exact) mass is 361 g/mol. The summed E-state index contributed by atoms with van der Waals surface area (Å²) in [6, 6.07) is 15.6. The molecule has 0 radical (unpaired) electrons. The van der Waals surface area contributed by atoms with Gasteiger partial charge in [-0.05, 0) is 43.5 Å². The van der Waals surface area contributed by atoms with E-state index in [0.29, 0.717) is 25.2 Å². The molecule has 0 saturated carbocycles. The molecule has 1 N–H and O–H groups in total. The number of benzene rings is 2. The second-order valence-electron chi connectivity index (χ2n) is 7.31. The second kappa shape index (κ2) is 7.35. The highest BCUT2D eigenvalue weighted by Crippen LogP contribution is 2.27. The first-order valence-corrected chi connectivity index (χ1v) is 9.42. The highest BCUT2D eigenvalue weighted by molar-refractivity contribution is 6.40. The summed E-state index contributed by atoms with van der Waals surface area (Å²) in [7, 11) is 0. The molecule has 4 rings (SSSR count). The van der Waals surface area contributed by atoms with Gasteiger partial charge in [0, 0.05) is 25.2 Å². The van der Waals surface area contributed by atoms with Crippen molar-refractivity contribution in [3.63, 3.8) is 0 Å². The van der Waals surface area contributed by atoms with E-state index in [1.165, 1.54) is 0 Å². The van der Waals surface area contributed by atoms with Crippen LogP contribution in [0.4, 0.5) is 11.4 Å². The maximum Gasteiger partial charge on any atom is 0.268 e. The predicted octanol–water partition coefficient (Wildman–Crippen LogP) is 3.50. The molecule has 1 unspecified atom stereocenters. The van der Waals surface area contributed by atoms with Gasteiger partial charge in [-0.2, -0.15) is 0 Å². The largest absolute Gasteiger partial charge is 0.337 e. The lowest BCUT2D eigenvalue weighted by Gasteiger charge is -2.32. The Balaban J connectivity index is 1.40. The molecule has 0 aliphatic carbocycles. The van der Waals surface area contributed by atoms with Crippen LogP contribution in [0, 0.1) is 12.8 Å². The van der Waals surface area contributed by atoms with Crippen LogP contribution in [0.2, 0.25) is 0 Å². The molecule has 2 aromatic rings. The maximum atomic E-state index is 12.9. The molecule has 1 fully saturated rings. The summed E-state index contributed by atoms with van der Waals surface area (Å²) in [4.78, 5) is 31.8. The van der Waals surface area contributed by atoms with E-state index in [2.05, 4.69) is 10.3 Å². The topological polar surface area (TPSA) is 61.8 Å². The van der Waals surface area contributed by atoms with Gasteiger partial charge in [-0.15, -0.1) is 0 Å². The first-order chi connectivity index (χ1) is 13.1. The Kier molecular flexibility index (Phi) is 4.75. The summed E-state index contributed by atoms with van der Waals surface area (Å²) in [5.74, 6) is -0.250. The zero-order valence-corrected chi connectivity index (χ0v) is 15.4. The minimum Gasteiger partial charge on any atom is -0.337 e. The number of anilines is 1. The Bertz CT molecular complexity index is 902. The molecule has 2 aliphatic heterocycles. The Morgan fingerprint density at radius 3 is 2.67 bits per heavy atom. The summed E-state index contributed by atoms with van der Waals surface area (Å²) in [5, 5.41) is 2.97. The van der Waals surface area contributed by atoms with Crippen molar-refractivity contribution in [3.8, 4) is 0 Å². The molecule has 0 bridgehead atoms. The lowest BCUT2D eigenvalue weighted by atomic mass is 9.96. The van der Waals surface area contributed by atoms with Crippen molar-refractivity contribution < 1.29 is 9.59 Å². The Hall–Kier alpha value is -2.95. The van der Waals surface area contributed by atoms with Crippen molar-refractivity contribution >= 4 is 28.9 Å². The van der Waals surface area contributed by atoms with Crippen LogP contribution in [0.5, 0.6) is 0 Å². The van der Waals surface area contributed by atoms with E-state index < -0.39 is 0 Å². The number of hydrogen-bond donors (Lipinski definition) is 1. The average molecular weight is 361 g/mol. The summed E-state index contributed by atoms with van der Waals surface area (Å²) in [5.41, 5.74) is 4.50. The van der Waals surface area contributed by atoms with Gasteiger partial charge in [0.25, 0.3) is 5.91 Å². The molecule has 2 aromatic carbocycles. The lowest BCUT2D eigenvalue weighted by Crippen LogP contribution is -2.46. The third-order valence-corrected chi connectivity index (χ3v) is 5.25. The summed E-state index contributed by atoms with van der Waals surface area (Å²) in [6.07, 6.45) is 2.21. The summed E-state index contributed by atoms with van der Waals surface area (Å²) in [6.45, 7) is 3.15. The minimum atomic E-state index is -0.187. The molecule has 138 valence electrons. The third kappa shape index (κ3) is 3.77. The van der Waals surface area contributed by atoms with Crippen molar-refractivity contribution in [3.05, 3.63) is 59.7 Å². The number of likely N-dealkylation sites (tertiary alicyclic amines) is 1. The Morgan fingerprint density at radius 1 is 1.11 bits per heavy atom. The first-order valence-electron chi connectivity index (χ1n) is 9.42. The van der Waals surface area contributed by atoms with Gasteiger partial charge in [-0.1, -0.05) is 35.9 Å². The molecule has 0 aromatic heterocycles. The number of nitrogens with zero attached hydrogens (tertiary/aromatic N) is 2. The fourth-order valence-electron chi connectivity index (χ4n) is 3.70. The molecule has 1 atom stereocenters. The highest BCUT2D eigenvalue weighted by Gasteiger charge is 2.31. The molecule has 2 amide bonds. The standard InChI is InChI=1S/C22H23N3O2/c1-15-8-10-18(11-9-15)23-21(26)17-6-4-12-25(14-17)22(27)20-13-16-5-2-3-7-19(16)24-20/h2-3,5,7-11,17H,4,6,12-14H2,1H3,(H,23,26). The molecular weight excluding hydrogens is 338 g/mol. The van der Waals surface area contributed by atoms with Crippen molar-refractivity contribution in [1.82, 2.24) is 4.90 Å². The van der Waals surface area contributed by atoms with E-state index in [1.54, 1.807) is 4.90 Å². The van der Waals surface area contributed by atoms with Crippen LogP contribution in [0.15, 0.2) is 53.5 Å². The predicted molar refractivity (Wildman–Crippen MR) is 106 cm³/mol. The maximum absolute atomic E-state index is 12.9. The van der Waals surface area contributed by atoms with E-state index in [4.69, 9.17) is 0 Å². The van der Waals surface area contributed by atoms with E-state index >= 15 is 0 Å². The number of hydrogen-bond acceptors (Lipinski definition) is 3. The number of piperidine rings is 1. The number of amides is 2. The third-order valence-electron chi connectivity index (χ3n) is 5.25. The summed E-state index contributed by atoms with van der Waals surface area (Å²) < 4.78 is 0. The molecule has 0 spiro atoms. The quantitative estimate of drug-likeness (QED) is 0.909. The van der Waals surface area contributed by atoms with Crippen molar-refractivity contribution in [2.75, 3.05) is 18.4 Å². The number of fused-ring (bicyclic) bond motifs is 1. The first kappa shape index (κ1) is 17.5. The van der Waals surface area contributed by atoms with Crippen molar-refractivity contribution in [1.29, 1.82) is 0 Å². The van der Waals surface area contributed by atoms with Gasteiger partial charge >= 0.3 is 0 Å². The molecule has 2 heterocycles. The van der Waals surface area contributed by atoms with Crippen molar-refractivity contribution in [2.45, 2.75) is 26.2 Å². The number of para-hydroxylation sites is 1. The van der Waals surface area contributed by atoms with Crippen LogP contribution in [0.25, 0.3) is 0 Å². The number of carbonyl (C=O) groups excluding carboxylic acids is 2. The van der Waals surface area contributed by atoms with Crippen LogP contribution in [-0.2, 0) is 16.0 Å². The lowest BCUT2D eigenvalue weighted by molar-refractivity contribution is -0.128. The van der Waals surface area contributed by atoms with E-state index in [1.807, 2.05) is 55.5 Å². The van der Waals surface area contributed by atoms with E-state index in [9.17, 15) is 9.59 Å². The van der Waals surface area contributed by atoms with Crippen LogP contribution in [0.1, 0.15) is 24.0 Å². The number of rotatable bonds is 3. The fraction of sp³-hybridized carbons (Fsp3) is 0.318. The van der Waals surface area contributed by atoms with Crippen LogP contribution >= 0.6 is 0 Å². The smallest absolute Gasteiger partial charge is 0.268 e. The Labute approximate surface area is 159 Å². The number of nitrogens with one attached hydrogen (secondary N) is 1. The molecule has 27 heavy (non-hydrogen) atoms. The van der Waals surface area contributed by atoms with Gasteiger partial charge < -0.3 is 10.2 Å². The zero-order chi connectivity index (χ0) is 18.8. The number of carbonyl (C=O) groups is 2. The molecule has 5 heteroatoms. The number of aryl methyl sites for hydroxylation is 1. The summed E-state index contributed by atoms with van der Waals surface area (Å²) >= 11 is 0. The SMILES string of the molecule is Cc1ccc(NC(=O)C2CCCN(C(=O)C3=Nc4ccccc4C3)C2)cc1. The molecular formula is C22H23N3O2. The van der Waals surface area contributed by atoms with Gasteiger partial charge in [0.2, 0.25) is 5.91 Å². The molecule has 1 saturated heterocycles. The van der Waals surface area contributed by atoms with Gasteiger partial charge in [0.1, 0.15) is 5.71 Å². The minimum absolute atomic E-state index is 0.0204. The van der Waals surface area contributed by atoms with Crippen LogP contribution in [0.3, 0.4) is 0 Å². The normalized spacial score (nSPS) is 18.6. The zero-order valence-electron chi connectivity index (χ0n) is 15.4. The van der Waals surface area contributed by atoms with Crippen LogP contribution < -0.4 is 5.32 Å².